The molecule has 3 nitrogen and oxygen atoms in total. The van der Waals surface area contributed by atoms with Crippen LogP contribution in [0.15, 0.2) is 4.47 Å². The molecule has 1 heterocycles. The number of aromatic nitrogens is 2. The maximum absolute atomic E-state index is 4.73. The Morgan fingerprint density at radius 3 is 2.72 bits per heavy atom. The predicted molar refractivity (Wildman–Crippen MR) is 82.3 cm³/mol. The number of thioether (sulfide) groups is 1. The molecule has 1 aliphatic rings. The van der Waals surface area contributed by atoms with Crippen molar-refractivity contribution in [2.45, 2.75) is 44.8 Å². The molecule has 0 aliphatic heterocycles. The summed E-state index contributed by atoms with van der Waals surface area (Å²) in [6.45, 7) is 5.19. The summed E-state index contributed by atoms with van der Waals surface area (Å²) in [6.07, 6.45) is 3.74. The fraction of sp³-hybridized carbons (Fsp3) is 0.692. The van der Waals surface area contributed by atoms with Gasteiger partial charge in [-0.15, -0.1) is 0 Å². The van der Waals surface area contributed by atoms with Crippen molar-refractivity contribution in [3.63, 3.8) is 0 Å². The van der Waals surface area contributed by atoms with Crippen LogP contribution in [-0.4, -0.2) is 22.3 Å². The van der Waals surface area contributed by atoms with Crippen LogP contribution in [0.3, 0.4) is 0 Å². The van der Waals surface area contributed by atoms with E-state index in [0.29, 0.717) is 5.92 Å². The number of anilines is 1. The van der Waals surface area contributed by atoms with E-state index in [2.05, 4.69) is 40.1 Å². The van der Waals surface area contributed by atoms with E-state index in [0.717, 1.165) is 28.4 Å². The van der Waals surface area contributed by atoms with Gasteiger partial charge < -0.3 is 5.32 Å². The number of halogens is 1. The van der Waals surface area contributed by atoms with Gasteiger partial charge in [-0.05, 0) is 47.9 Å². The first kappa shape index (κ1) is 14.1. The number of hydrogen-bond acceptors (Lipinski definition) is 4. The van der Waals surface area contributed by atoms with E-state index in [4.69, 9.17) is 4.98 Å². The molecule has 5 heteroatoms. The highest BCUT2D eigenvalue weighted by Gasteiger charge is 2.29. The average Bonchev–Trinajstić information content (AvgIpc) is 3.17. The molecule has 1 saturated carbocycles. The lowest BCUT2D eigenvalue weighted by atomic mass is 10.2. The molecule has 0 aromatic carbocycles. The molecule has 0 bridgehead atoms. The molecule has 1 N–H and O–H groups in total. The largest absolute Gasteiger partial charge is 0.369 e. The van der Waals surface area contributed by atoms with Crippen molar-refractivity contribution >= 4 is 33.5 Å². The first-order valence-electron chi connectivity index (χ1n) is 6.64. The number of rotatable bonds is 7. The molecule has 0 saturated heterocycles. The molecular formula is C13H20BrN3S. The maximum atomic E-state index is 4.73. The van der Waals surface area contributed by atoms with Gasteiger partial charge in [-0.3, -0.25) is 0 Å². The fourth-order valence-electron chi connectivity index (χ4n) is 1.80. The van der Waals surface area contributed by atoms with Gasteiger partial charge in [0.05, 0.1) is 15.9 Å². The Labute approximate surface area is 122 Å². The second-order valence-electron chi connectivity index (χ2n) is 4.54. The molecule has 0 amide bonds. The molecule has 0 atom stereocenters. The van der Waals surface area contributed by atoms with Gasteiger partial charge in [-0.25, -0.2) is 9.97 Å². The Balaban J connectivity index is 2.18. The summed E-state index contributed by atoms with van der Waals surface area (Å²) in [5.41, 5.74) is 1.20. The van der Waals surface area contributed by atoms with Crippen LogP contribution < -0.4 is 5.32 Å². The van der Waals surface area contributed by atoms with Crippen molar-refractivity contribution in [3.8, 4) is 0 Å². The van der Waals surface area contributed by atoms with Gasteiger partial charge in [0, 0.05) is 12.5 Å². The van der Waals surface area contributed by atoms with Crippen LogP contribution in [0.1, 0.15) is 50.5 Å². The lowest BCUT2D eigenvalue weighted by Gasteiger charge is -2.11. The molecule has 1 fully saturated rings. The minimum Gasteiger partial charge on any atom is -0.369 e. The van der Waals surface area contributed by atoms with Crippen molar-refractivity contribution < 1.29 is 0 Å². The zero-order valence-corrected chi connectivity index (χ0v) is 13.4. The minimum atomic E-state index is 0.648. The van der Waals surface area contributed by atoms with E-state index in [1.165, 1.54) is 30.7 Å². The Morgan fingerprint density at radius 2 is 2.11 bits per heavy atom. The highest BCUT2D eigenvalue weighted by molar-refractivity contribution is 9.10. The molecule has 18 heavy (non-hydrogen) atoms. The highest BCUT2D eigenvalue weighted by atomic mass is 79.9. The third-order valence-corrected chi connectivity index (χ3v) is 4.75. The van der Waals surface area contributed by atoms with Gasteiger partial charge in [0.25, 0.3) is 0 Å². The number of nitrogens with one attached hydrogen (secondary N) is 1. The quantitative estimate of drug-likeness (QED) is 0.761. The topological polar surface area (TPSA) is 37.8 Å². The van der Waals surface area contributed by atoms with Gasteiger partial charge in [0.2, 0.25) is 0 Å². The van der Waals surface area contributed by atoms with Crippen LogP contribution in [0, 0.1) is 0 Å². The first-order valence-corrected chi connectivity index (χ1v) is 8.58. The van der Waals surface area contributed by atoms with Crippen LogP contribution in [0.4, 0.5) is 5.82 Å². The van der Waals surface area contributed by atoms with E-state index >= 15 is 0 Å². The average molecular weight is 330 g/mol. The maximum Gasteiger partial charge on any atom is 0.144 e. The highest BCUT2D eigenvalue weighted by Crippen LogP contribution is 2.43. The van der Waals surface area contributed by atoms with Crippen molar-refractivity contribution in [2.75, 3.05) is 17.6 Å². The molecule has 2 rings (SSSR count). The lowest BCUT2D eigenvalue weighted by molar-refractivity contribution is 0.916. The minimum absolute atomic E-state index is 0.648. The van der Waals surface area contributed by atoms with Gasteiger partial charge in [0.15, 0.2) is 0 Å². The van der Waals surface area contributed by atoms with Crippen molar-refractivity contribution in [2.24, 2.45) is 0 Å². The van der Waals surface area contributed by atoms with Crippen molar-refractivity contribution in [1.82, 2.24) is 9.97 Å². The molecule has 0 unspecified atom stereocenters. The van der Waals surface area contributed by atoms with E-state index < -0.39 is 0 Å². The zero-order chi connectivity index (χ0) is 13.0. The summed E-state index contributed by atoms with van der Waals surface area (Å²) < 4.78 is 1.07. The van der Waals surface area contributed by atoms with Crippen LogP contribution in [0.5, 0.6) is 0 Å². The van der Waals surface area contributed by atoms with Gasteiger partial charge in [-0.1, -0.05) is 6.92 Å². The summed E-state index contributed by atoms with van der Waals surface area (Å²) in [4.78, 5) is 9.34. The van der Waals surface area contributed by atoms with E-state index in [-0.39, 0.29) is 0 Å². The Kier molecular flexibility index (Phi) is 5.30. The zero-order valence-electron chi connectivity index (χ0n) is 11.0. The van der Waals surface area contributed by atoms with E-state index in [1.54, 1.807) is 0 Å². The van der Waals surface area contributed by atoms with Crippen molar-refractivity contribution in [1.29, 1.82) is 0 Å². The second kappa shape index (κ2) is 6.75. The van der Waals surface area contributed by atoms with Crippen molar-refractivity contribution in [3.05, 3.63) is 16.0 Å². The molecule has 1 aromatic rings. The molecule has 0 spiro atoms. The number of hydrogen-bond donors (Lipinski definition) is 1. The molecule has 1 aromatic heterocycles. The van der Waals surface area contributed by atoms with E-state index in [1.807, 2.05) is 11.8 Å². The van der Waals surface area contributed by atoms with E-state index in [9.17, 15) is 0 Å². The lowest BCUT2D eigenvalue weighted by Crippen LogP contribution is -2.07. The predicted octanol–water partition coefficient (Wildman–Crippen LogP) is 4.19. The Morgan fingerprint density at radius 1 is 1.33 bits per heavy atom. The van der Waals surface area contributed by atoms with Gasteiger partial charge in [-0.2, -0.15) is 11.8 Å². The normalized spacial score (nSPS) is 14.8. The molecule has 100 valence electrons. The second-order valence-corrected chi connectivity index (χ2v) is 6.44. The van der Waals surface area contributed by atoms with Gasteiger partial charge >= 0.3 is 0 Å². The number of nitrogens with zero attached hydrogens (tertiary/aromatic N) is 2. The van der Waals surface area contributed by atoms with Crippen LogP contribution >= 0.6 is 27.7 Å². The van der Waals surface area contributed by atoms with Crippen LogP contribution in [-0.2, 0) is 5.75 Å². The Bertz CT molecular complexity index is 407. The Hall–Kier alpha value is -0.290. The molecular weight excluding hydrogens is 310 g/mol. The third kappa shape index (κ3) is 3.60. The van der Waals surface area contributed by atoms with Crippen LogP contribution in [0.25, 0.3) is 0 Å². The standard InChI is InChI=1S/C13H20BrN3S/c1-3-7-18-8-10-16-12(9-5-6-9)11(14)13(17-10)15-4-2/h9H,3-8H2,1-2H3,(H,15,16,17). The third-order valence-electron chi connectivity index (χ3n) is 2.81. The summed E-state index contributed by atoms with van der Waals surface area (Å²) in [5, 5.41) is 3.32. The van der Waals surface area contributed by atoms with Gasteiger partial charge in [0.1, 0.15) is 11.6 Å². The molecule has 0 radical (unpaired) electrons. The first-order chi connectivity index (χ1) is 8.76. The summed E-state index contributed by atoms with van der Waals surface area (Å²) in [6, 6.07) is 0. The van der Waals surface area contributed by atoms with Crippen LogP contribution in [0.2, 0.25) is 0 Å². The SMILES string of the molecule is CCCSCc1nc(NCC)c(Br)c(C2CC2)n1. The summed E-state index contributed by atoms with van der Waals surface area (Å²) in [5.74, 6) is 4.67. The molecule has 1 aliphatic carbocycles. The summed E-state index contributed by atoms with van der Waals surface area (Å²) in [7, 11) is 0. The fourth-order valence-corrected chi connectivity index (χ4v) is 3.18. The monoisotopic (exact) mass is 329 g/mol. The summed E-state index contributed by atoms with van der Waals surface area (Å²) >= 11 is 5.56. The smallest absolute Gasteiger partial charge is 0.144 e.